The summed E-state index contributed by atoms with van der Waals surface area (Å²) in [6.07, 6.45) is 5.42. The number of carbonyl (C=O) groups excluding carboxylic acids is 3. The van der Waals surface area contributed by atoms with Gasteiger partial charge in [-0.15, -0.1) is 11.3 Å². The van der Waals surface area contributed by atoms with Crippen LogP contribution in [0.25, 0.3) is 11.1 Å². The van der Waals surface area contributed by atoms with E-state index in [-0.39, 0.29) is 23.3 Å². The van der Waals surface area contributed by atoms with Crippen LogP contribution in [0.3, 0.4) is 0 Å². The topological polar surface area (TPSA) is 97.5 Å². The number of nitrogens with one attached hydrogen (secondary N) is 2. The number of anilines is 1. The lowest BCUT2D eigenvalue weighted by molar-refractivity contribution is -0.130. The highest BCUT2D eigenvalue weighted by Gasteiger charge is 2.24. The summed E-state index contributed by atoms with van der Waals surface area (Å²) in [5, 5.41) is 6.09. The molecule has 1 aliphatic heterocycles. The highest BCUT2D eigenvalue weighted by atomic mass is 32.1. The first-order valence-corrected chi connectivity index (χ1v) is 20.5. The molecule has 3 aromatic rings. The summed E-state index contributed by atoms with van der Waals surface area (Å²) in [4.78, 5) is 49.2. The second kappa shape index (κ2) is 21.9. The largest absolute Gasteiger partial charge is 0.446 e. The zero-order valence-corrected chi connectivity index (χ0v) is 34.4. The molecule has 54 heavy (non-hydrogen) atoms. The second-order valence-corrected chi connectivity index (χ2v) is 17.0. The van der Waals surface area contributed by atoms with E-state index in [2.05, 4.69) is 47.3 Å². The van der Waals surface area contributed by atoms with Crippen molar-refractivity contribution in [1.82, 2.24) is 24.9 Å². The average molecular weight is 761 g/mol. The van der Waals surface area contributed by atoms with Crippen LogP contribution in [0.15, 0.2) is 66.7 Å². The van der Waals surface area contributed by atoms with E-state index in [0.717, 1.165) is 113 Å². The van der Waals surface area contributed by atoms with Gasteiger partial charge in [0.25, 0.3) is 5.91 Å². The van der Waals surface area contributed by atoms with Crippen LogP contribution in [0.4, 0.5) is 10.5 Å². The van der Waals surface area contributed by atoms with E-state index in [9.17, 15) is 14.4 Å². The van der Waals surface area contributed by atoms with Gasteiger partial charge >= 0.3 is 6.09 Å². The lowest BCUT2D eigenvalue weighted by atomic mass is 9.96. The lowest BCUT2D eigenvalue weighted by Crippen LogP contribution is -2.42. The number of ether oxygens (including phenoxy) is 1. The van der Waals surface area contributed by atoms with Gasteiger partial charge < -0.3 is 24.8 Å². The van der Waals surface area contributed by atoms with Gasteiger partial charge in [0.05, 0.1) is 10.6 Å². The first-order chi connectivity index (χ1) is 25.9. The van der Waals surface area contributed by atoms with Gasteiger partial charge in [-0.3, -0.25) is 19.8 Å². The molecule has 2 aromatic carbocycles. The number of likely N-dealkylation sites (tertiary alicyclic amines) is 1. The maximum atomic E-state index is 13.0. The number of nitrogens with zero attached hydrogens (tertiary/aromatic N) is 4. The van der Waals surface area contributed by atoms with Gasteiger partial charge in [0.15, 0.2) is 0 Å². The second-order valence-electron chi connectivity index (χ2n) is 15.8. The fourth-order valence-electron chi connectivity index (χ4n) is 6.86. The first kappa shape index (κ1) is 43.0. The Morgan fingerprint density at radius 1 is 0.852 bits per heavy atom. The van der Waals surface area contributed by atoms with Gasteiger partial charge in [-0.2, -0.15) is 0 Å². The van der Waals surface area contributed by atoms with Gasteiger partial charge in [-0.1, -0.05) is 75.7 Å². The quantitative estimate of drug-likeness (QED) is 0.114. The van der Waals surface area contributed by atoms with Crippen molar-refractivity contribution in [3.8, 4) is 11.1 Å². The van der Waals surface area contributed by atoms with Crippen molar-refractivity contribution in [2.75, 3.05) is 78.8 Å². The molecule has 0 radical (unpaired) electrons. The van der Waals surface area contributed by atoms with E-state index in [0.29, 0.717) is 13.0 Å². The van der Waals surface area contributed by atoms with E-state index < -0.39 is 6.09 Å². The van der Waals surface area contributed by atoms with Crippen molar-refractivity contribution in [3.05, 3.63) is 76.5 Å². The number of hydrogen-bond acceptors (Lipinski definition) is 8. The van der Waals surface area contributed by atoms with Crippen LogP contribution in [-0.4, -0.2) is 117 Å². The number of likely N-dealkylation sites (N-methyl/N-ethyl adjacent to an activating group) is 1. The Morgan fingerprint density at radius 2 is 1.57 bits per heavy atom. The summed E-state index contributed by atoms with van der Waals surface area (Å²) in [6, 6.07) is 21.8. The van der Waals surface area contributed by atoms with Gasteiger partial charge in [-0.25, -0.2) is 4.79 Å². The zero-order valence-electron chi connectivity index (χ0n) is 33.6. The van der Waals surface area contributed by atoms with E-state index >= 15 is 0 Å². The van der Waals surface area contributed by atoms with Crippen LogP contribution in [0.2, 0.25) is 0 Å². The number of amides is 3. The Morgan fingerprint density at radius 3 is 2.30 bits per heavy atom. The van der Waals surface area contributed by atoms with E-state index in [1.54, 1.807) is 11.3 Å². The number of carbonyl (C=O) groups is 3. The molecule has 10 nitrogen and oxygen atoms in total. The third-order valence-electron chi connectivity index (χ3n) is 9.82. The van der Waals surface area contributed by atoms with Crippen molar-refractivity contribution >= 4 is 34.9 Å². The third-order valence-corrected chi connectivity index (χ3v) is 10.9. The molecule has 2 heterocycles. The Labute approximate surface area is 328 Å². The number of benzene rings is 2. The van der Waals surface area contributed by atoms with E-state index in [1.165, 1.54) is 4.88 Å². The van der Waals surface area contributed by atoms with Crippen LogP contribution in [0, 0.1) is 5.41 Å². The summed E-state index contributed by atoms with van der Waals surface area (Å²) < 4.78 is 5.80. The minimum Gasteiger partial charge on any atom is -0.446 e. The maximum Gasteiger partial charge on any atom is 0.411 e. The van der Waals surface area contributed by atoms with Crippen molar-refractivity contribution in [2.24, 2.45) is 5.41 Å². The molecule has 1 aliphatic rings. The molecule has 296 valence electrons. The molecule has 2 N–H and O–H groups in total. The molecule has 1 saturated heterocycles. The normalized spacial score (nSPS) is 13.9. The SMILES string of the molecule is CNCCCN(C)C(=O)c1ccc(CN(CCCCCC(=O)N(C)CCN2CCC(OC(=O)Nc3ccccc3-c3ccccc3)CC2)CC(C)(C)C)s1. The minimum atomic E-state index is -0.423. The van der Waals surface area contributed by atoms with Gasteiger partial charge in [0, 0.05) is 76.8 Å². The molecule has 0 spiro atoms. The Kier molecular flexibility index (Phi) is 17.5. The van der Waals surface area contributed by atoms with Crippen molar-refractivity contribution in [2.45, 2.75) is 78.4 Å². The Balaban J connectivity index is 1.11. The number of hydrogen-bond donors (Lipinski definition) is 2. The molecule has 1 aromatic heterocycles. The van der Waals surface area contributed by atoms with Crippen molar-refractivity contribution < 1.29 is 19.1 Å². The molecule has 3 amide bonds. The highest BCUT2D eigenvalue weighted by Crippen LogP contribution is 2.28. The highest BCUT2D eigenvalue weighted by molar-refractivity contribution is 7.14. The monoisotopic (exact) mass is 760 g/mol. The molecular formula is C43H64N6O4S. The van der Waals surface area contributed by atoms with Crippen LogP contribution >= 0.6 is 11.3 Å². The van der Waals surface area contributed by atoms with Gasteiger partial charge in [0.1, 0.15) is 6.10 Å². The Hall–Kier alpha value is -3.77. The minimum absolute atomic E-state index is 0.0947. The number of para-hydroxylation sites is 1. The molecule has 0 aliphatic carbocycles. The van der Waals surface area contributed by atoms with Gasteiger partial charge in [-0.05, 0) is 81.4 Å². The number of thiophene rings is 1. The fourth-order valence-corrected chi connectivity index (χ4v) is 7.91. The van der Waals surface area contributed by atoms with Crippen LogP contribution in [0.1, 0.15) is 80.3 Å². The predicted octanol–water partition coefficient (Wildman–Crippen LogP) is 7.68. The predicted molar refractivity (Wildman–Crippen MR) is 222 cm³/mol. The standard InChI is InChI=1S/C43H64N6O4S/c1-43(2,3)33-49(32-36-21-22-39(54-36)41(51)47(6)26-15-25-44-4)27-14-8-11-20-40(50)46(5)30-31-48-28-23-35(24-29-48)53-42(52)45-38-19-13-12-18-37(38)34-16-9-7-10-17-34/h7,9-10,12-13,16-19,21-22,35,44H,8,11,14-15,20,23-33H2,1-6H3,(H,45,52). The summed E-state index contributed by atoms with van der Waals surface area (Å²) in [5.74, 6) is 0.288. The van der Waals surface area contributed by atoms with E-state index in [1.807, 2.05) is 91.6 Å². The van der Waals surface area contributed by atoms with Crippen molar-refractivity contribution in [3.63, 3.8) is 0 Å². The summed E-state index contributed by atoms with van der Waals surface area (Å²) in [5.41, 5.74) is 2.90. The molecule has 0 saturated carbocycles. The van der Waals surface area contributed by atoms with E-state index in [4.69, 9.17) is 4.74 Å². The van der Waals surface area contributed by atoms with Crippen LogP contribution in [0.5, 0.6) is 0 Å². The molecule has 0 unspecified atom stereocenters. The molecule has 0 atom stereocenters. The average Bonchev–Trinajstić information content (AvgIpc) is 3.62. The Bertz CT molecular complexity index is 1580. The maximum absolute atomic E-state index is 13.0. The zero-order chi connectivity index (χ0) is 38.9. The summed E-state index contributed by atoms with van der Waals surface area (Å²) in [7, 11) is 5.71. The number of unbranched alkanes of at least 4 members (excludes halogenated alkanes) is 2. The van der Waals surface area contributed by atoms with Crippen molar-refractivity contribution in [1.29, 1.82) is 0 Å². The van der Waals surface area contributed by atoms with Gasteiger partial charge in [0.2, 0.25) is 5.91 Å². The first-order valence-electron chi connectivity index (χ1n) is 19.7. The molecule has 1 fully saturated rings. The summed E-state index contributed by atoms with van der Waals surface area (Å²) in [6.45, 7) is 14.4. The molecule has 4 rings (SSSR count). The number of piperidine rings is 1. The fraction of sp³-hybridized carbons (Fsp3) is 0.558. The molecule has 11 heteroatoms. The third kappa shape index (κ3) is 14.8. The number of rotatable bonds is 20. The smallest absolute Gasteiger partial charge is 0.411 e. The van der Waals surface area contributed by atoms with Crippen LogP contribution in [-0.2, 0) is 16.1 Å². The lowest BCUT2D eigenvalue weighted by Gasteiger charge is -2.32. The molecule has 0 bridgehead atoms. The molecular weight excluding hydrogens is 697 g/mol. The van der Waals surface area contributed by atoms with Crippen LogP contribution < -0.4 is 10.6 Å². The summed E-state index contributed by atoms with van der Waals surface area (Å²) >= 11 is 1.61.